The molecule has 2 N–H and O–H groups in total. The maximum Gasteiger partial charge on any atom is 0.281 e. The number of hydrogen-bond donors (Lipinski definition) is 2. The molecule has 0 radical (unpaired) electrons. The molecule has 0 unspecified atom stereocenters. The van der Waals surface area contributed by atoms with Crippen molar-refractivity contribution in [3.8, 4) is 0 Å². The minimum absolute atomic E-state index is 0.0584. The SMILES string of the molecule is CCCNC(=O)c1cccn2c(=O)c(NC(=O)c3c(Cl)cccc3Cl)cnc12. The highest BCUT2D eigenvalue weighted by atomic mass is 35.5. The molecule has 0 aliphatic carbocycles. The normalized spacial score (nSPS) is 10.7. The molecular formula is C19H16Cl2N4O3. The number of fused-ring (bicyclic) bond motifs is 1. The number of hydrogen-bond acceptors (Lipinski definition) is 4. The molecule has 0 saturated heterocycles. The summed E-state index contributed by atoms with van der Waals surface area (Å²) in [5, 5.41) is 5.55. The monoisotopic (exact) mass is 418 g/mol. The van der Waals surface area contributed by atoms with E-state index in [1.54, 1.807) is 18.2 Å². The van der Waals surface area contributed by atoms with Crippen LogP contribution in [0, 0.1) is 0 Å². The molecule has 0 saturated carbocycles. The molecule has 3 rings (SSSR count). The number of nitrogens with zero attached hydrogens (tertiary/aromatic N) is 2. The van der Waals surface area contributed by atoms with E-state index < -0.39 is 11.5 Å². The highest BCUT2D eigenvalue weighted by Gasteiger charge is 2.18. The summed E-state index contributed by atoms with van der Waals surface area (Å²) >= 11 is 12.1. The third-order valence-electron chi connectivity index (χ3n) is 3.95. The van der Waals surface area contributed by atoms with Gasteiger partial charge in [0.05, 0.1) is 27.4 Å². The lowest BCUT2D eigenvalue weighted by atomic mass is 10.2. The van der Waals surface area contributed by atoms with Crippen LogP contribution in [0.5, 0.6) is 0 Å². The lowest BCUT2D eigenvalue weighted by Crippen LogP contribution is -2.28. The minimum atomic E-state index is -0.633. The Balaban J connectivity index is 1.98. The van der Waals surface area contributed by atoms with Gasteiger partial charge in [0.25, 0.3) is 17.4 Å². The average Bonchev–Trinajstić information content (AvgIpc) is 2.67. The fourth-order valence-electron chi connectivity index (χ4n) is 2.60. The van der Waals surface area contributed by atoms with Crippen molar-refractivity contribution in [3.05, 3.63) is 74.3 Å². The summed E-state index contributed by atoms with van der Waals surface area (Å²) in [6, 6.07) is 7.80. The molecule has 0 spiro atoms. The van der Waals surface area contributed by atoms with Crippen molar-refractivity contribution in [3.63, 3.8) is 0 Å². The number of pyridine rings is 1. The van der Waals surface area contributed by atoms with Crippen molar-refractivity contribution in [1.29, 1.82) is 0 Å². The molecule has 3 aromatic rings. The molecule has 2 aromatic heterocycles. The van der Waals surface area contributed by atoms with Gasteiger partial charge >= 0.3 is 0 Å². The molecule has 144 valence electrons. The Labute approximate surface area is 170 Å². The van der Waals surface area contributed by atoms with Crippen LogP contribution < -0.4 is 16.2 Å². The number of aromatic nitrogens is 2. The molecular weight excluding hydrogens is 403 g/mol. The van der Waals surface area contributed by atoms with Crippen LogP contribution in [0.4, 0.5) is 5.69 Å². The molecule has 7 nitrogen and oxygen atoms in total. The Bertz CT molecular complexity index is 1110. The molecule has 1 aromatic carbocycles. The number of amides is 2. The van der Waals surface area contributed by atoms with Gasteiger partial charge in [-0.25, -0.2) is 4.98 Å². The van der Waals surface area contributed by atoms with E-state index in [2.05, 4.69) is 15.6 Å². The van der Waals surface area contributed by atoms with Crippen molar-refractivity contribution in [2.45, 2.75) is 13.3 Å². The maximum absolute atomic E-state index is 12.8. The van der Waals surface area contributed by atoms with Crippen LogP contribution >= 0.6 is 23.2 Å². The van der Waals surface area contributed by atoms with Crippen LogP contribution in [0.15, 0.2) is 47.5 Å². The molecule has 2 amide bonds. The number of anilines is 1. The molecule has 28 heavy (non-hydrogen) atoms. The van der Waals surface area contributed by atoms with Crippen molar-refractivity contribution in [2.75, 3.05) is 11.9 Å². The van der Waals surface area contributed by atoms with E-state index >= 15 is 0 Å². The van der Waals surface area contributed by atoms with Gasteiger partial charge in [-0.2, -0.15) is 0 Å². The Morgan fingerprint density at radius 2 is 1.82 bits per heavy atom. The summed E-state index contributed by atoms with van der Waals surface area (Å²) in [4.78, 5) is 41.8. The van der Waals surface area contributed by atoms with E-state index in [0.717, 1.165) is 6.42 Å². The zero-order valence-electron chi connectivity index (χ0n) is 14.8. The van der Waals surface area contributed by atoms with Crippen LogP contribution in [0.2, 0.25) is 10.0 Å². The van der Waals surface area contributed by atoms with Gasteiger partial charge in [0.1, 0.15) is 5.69 Å². The highest BCUT2D eigenvalue weighted by Crippen LogP contribution is 2.24. The Kier molecular flexibility index (Phi) is 5.96. The van der Waals surface area contributed by atoms with Crippen molar-refractivity contribution in [2.24, 2.45) is 0 Å². The van der Waals surface area contributed by atoms with Crippen LogP contribution in [0.1, 0.15) is 34.1 Å². The quantitative estimate of drug-likeness (QED) is 0.663. The first-order valence-electron chi connectivity index (χ1n) is 8.48. The smallest absolute Gasteiger partial charge is 0.281 e. The fraction of sp³-hybridized carbons (Fsp3) is 0.158. The average molecular weight is 419 g/mol. The zero-order valence-corrected chi connectivity index (χ0v) is 16.3. The largest absolute Gasteiger partial charge is 0.352 e. The molecule has 9 heteroatoms. The molecule has 0 atom stereocenters. The Morgan fingerprint density at radius 1 is 1.11 bits per heavy atom. The van der Waals surface area contributed by atoms with Gasteiger partial charge in [-0.05, 0) is 30.7 Å². The first-order chi connectivity index (χ1) is 13.4. The third kappa shape index (κ3) is 3.85. The molecule has 0 aliphatic rings. The summed E-state index contributed by atoms with van der Waals surface area (Å²) in [6.07, 6.45) is 3.46. The van der Waals surface area contributed by atoms with Gasteiger partial charge in [-0.3, -0.25) is 18.8 Å². The van der Waals surface area contributed by atoms with E-state index in [1.165, 1.54) is 28.9 Å². The van der Waals surface area contributed by atoms with Crippen molar-refractivity contribution >= 4 is 46.4 Å². The van der Waals surface area contributed by atoms with Crippen LogP contribution in [0.25, 0.3) is 5.65 Å². The van der Waals surface area contributed by atoms with E-state index in [4.69, 9.17) is 23.2 Å². The first-order valence-corrected chi connectivity index (χ1v) is 9.23. The van der Waals surface area contributed by atoms with Gasteiger partial charge in [-0.15, -0.1) is 0 Å². The van der Waals surface area contributed by atoms with Crippen molar-refractivity contribution in [1.82, 2.24) is 14.7 Å². The van der Waals surface area contributed by atoms with Crippen LogP contribution in [-0.4, -0.2) is 27.7 Å². The molecule has 0 fully saturated rings. The van der Waals surface area contributed by atoms with Gasteiger partial charge in [0, 0.05) is 12.7 Å². The van der Waals surface area contributed by atoms with Crippen molar-refractivity contribution < 1.29 is 9.59 Å². The van der Waals surface area contributed by atoms with Gasteiger partial charge in [0.15, 0.2) is 5.65 Å². The van der Waals surface area contributed by atoms with Crippen LogP contribution in [-0.2, 0) is 0 Å². The summed E-state index contributed by atoms with van der Waals surface area (Å²) in [6.45, 7) is 2.45. The van der Waals surface area contributed by atoms with E-state index in [-0.39, 0.29) is 38.4 Å². The topological polar surface area (TPSA) is 92.6 Å². The summed E-state index contributed by atoms with van der Waals surface area (Å²) in [5.41, 5.74) is -0.0887. The maximum atomic E-state index is 12.8. The predicted molar refractivity (Wildman–Crippen MR) is 109 cm³/mol. The summed E-state index contributed by atoms with van der Waals surface area (Å²) in [5.74, 6) is -0.960. The summed E-state index contributed by atoms with van der Waals surface area (Å²) in [7, 11) is 0. The van der Waals surface area contributed by atoms with E-state index in [0.29, 0.717) is 6.54 Å². The molecule has 2 heterocycles. The fourth-order valence-corrected chi connectivity index (χ4v) is 3.17. The van der Waals surface area contributed by atoms with E-state index in [1.807, 2.05) is 6.92 Å². The highest BCUT2D eigenvalue weighted by molar-refractivity contribution is 6.40. The zero-order chi connectivity index (χ0) is 20.3. The lowest BCUT2D eigenvalue weighted by Gasteiger charge is -2.10. The predicted octanol–water partition coefficient (Wildman–Crippen LogP) is 3.39. The Hall–Kier alpha value is -2.90. The second-order valence-corrected chi connectivity index (χ2v) is 6.71. The number of carbonyl (C=O) groups excluding carboxylic acids is 2. The lowest BCUT2D eigenvalue weighted by molar-refractivity contribution is 0.0953. The number of halogens is 2. The van der Waals surface area contributed by atoms with Crippen LogP contribution in [0.3, 0.4) is 0 Å². The van der Waals surface area contributed by atoms with Gasteiger partial charge in [0.2, 0.25) is 0 Å². The molecule has 0 aliphatic heterocycles. The first kappa shape index (κ1) is 19.9. The van der Waals surface area contributed by atoms with Gasteiger partial charge in [-0.1, -0.05) is 36.2 Å². The Morgan fingerprint density at radius 3 is 2.50 bits per heavy atom. The standard InChI is InChI=1S/C19H16Cl2N4O3/c1-2-8-22-17(26)11-5-4-9-25-16(11)23-10-14(19(25)28)24-18(27)15-12(20)6-3-7-13(15)21/h3-7,9-10H,2,8H2,1H3,(H,22,26)(H,24,27). The number of rotatable bonds is 5. The third-order valence-corrected chi connectivity index (χ3v) is 4.58. The number of benzene rings is 1. The second-order valence-electron chi connectivity index (χ2n) is 5.90. The molecule has 0 bridgehead atoms. The number of nitrogens with one attached hydrogen (secondary N) is 2. The van der Waals surface area contributed by atoms with E-state index in [9.17, 15) is 14.4 Å². The summed E-state index contributed by atoms with van der Waals surface area (Å²) < 4.78 is 1.20. The minimum Gasteiger partial charge on any atom is -0.352 e. The second kappa shape index (κ2) is 8.41. The number of carbonyl (C=O) groups is 2. The van der Waals surface area contributed by atoms with Gasteiger partial charge < -0.3 is 10.6 Å².